The molecule has 27 heavy (non-hydrogen) atoms. The molecule has 0 radical (unpaired) electrons. The Hall–Kier alpha value is -2.85. The fourth-order valence-electron chi connectivity index (χ4n) is 3.89. The zero-order valence-electron chi connectivity index (χ0n) is 15.3. The highest BCUT2D eigenvalue weighted by molar-refractivity contribution is 5.92. The third-order valence-corrected chi connectivity index (χ3v) is 5.32. The van der Waals surface area contributed by atoms with E-state index in [4.69, 9.17) is 0 Å². The monoisotopic (exact) mass is 360 g/mol. The zero-order chi connectivity index (χ0) is 18.6. The van der Waals surface area contributed by atoms with Gasteiger partial charge in [0.2, 0.25) is 5.91 Å². The van der Waals surface area contributed by atoms with E-state index >= 15 is 0 Å². The lowest BCUT2D eigenvalue weighted by Crippen LogP contribution is -2.40. The Labute approximate surface area is 159 Å². The van der Waals surface area contributed by atoms with Crippen LogP contribution in [0.5, 0.6) is 5.75 Å². The van der Waals surface area contributed by atoms with Crippen LogP contribution in [0.1, 0.15) is 18.4 Å². The summed E-state index contributed by atoms with van der Waals surface area (Å²) in [6.07, 6.45) is 1.88. The minimum absolute atomic E-state index is 0.0314. The number of rotatable bonds is 4. The van der Waals surface area contributed by atoms with Crippen molar-refractivity contribution in [3.8, 4) is 5.75 Å². The van der Waals surface area contributed by atoms with E-state index in [1.54, 1.807) is 6.07 Å². The van der Waals surface area contributed by atoms with Crippen molar-refractivity contribution in [1.82, 2.24) is 4.90 Å². The van der Waals surface area contributed by atoms with Gasteiger partial charge in [-0.1, -0.05) is 48.5 Å². The fraction of sp³-hybridized carbons (Fsp3) is 0.261. The lowest BCUT2D eigenvalue weighted by molar-refractivity contribution is -0.121. The highest BCUT2D eigenvalue weighted by atomic mass is 16.3. The summed E-state index contributed by atoms with van der Waals surface area (Å²) >= 11 is 0. The average Bonchev–Trinajstić information content (AvgIpc) is 2.71. The third kappa shape index (κ3) is 3.96. The van der Waals surface area contributed by atoms with Crippen molar-refractivity contribution in [2.45, 2.75) is 19.4 Å². The summed E-state index contributed by atoms with van der Waals surface area (Å²) in [6.45, 7) is 2.31. The Balaban J connectivity index is 1.48. The van der Waals surface area contributed by atoms with Gasteiger partial charge in [0, 0.05) is 24.3 Å². The largest absolute Gasteiger partial charge is 0.508 e. The number of carbonyl (C=O) groups is 1. The van der Waals surface area contributed by atoms with Gasteiger partial charge in [-0.05, 0) is 48.4 Å². The topological polar surface area (TPSA) is 52.6 Å². The maximum Gasteiger partial charge on any atom is 0.228 e. The molecule has 0 aliphatic carbocycles. The standard InChI is InChI=1S/C23H24N2O2/c26-22-13-12-17-7-4-5-11-20(17)21(22)16-25-14-6-8-18(15-25)23(27)24-19-9-2-1-3-10-19/h1-5,7,9-13,18,26H,6,8,14-16H2,(H,24,27)/t18-/m1/s1. The molecule has 1 aliphatic heterocycles. The molecule has 138 valence electrons. The Bertz CT molecular complexity index is 940. The molecule has 1 atom stereocenters. The second-order valence-electron chi connectivity index (χ2n) is 7.21. The third-order valence-electron chi connectivity index (χ3n) is 5.32. The number of phenols is 1. The summed E-state index contributed by atoms with van der Waals surface area (Å²) in [5.74, 6) is 0.369. The molecule has 1 heterocycles. The number of carbonyl (C=O) groups excluding carboxylic acids is 1. The van der Waals surface area contributed by atoms with E-state index in [1.807, 2.05) is 54.6 Å². The number of nitrogens with zero attached hydrogens (tertiary/aromatic N) is 1. The number of piperidine rings is 1. The summed E-state index contributed by atoms with van der Waals surface area (Å²) < 4.78 is 0. The molecule has 0 aromatic heterocycles. The SMILES string of the molecule is O=C(Nc1ccccc1)[C@@H]1CCCN(Cc2c(O)ccc3ccccc23)C1. The van der Waals surface area contributed by atoms with Gasteiger partial charge in [-0.3, -0.25) is 9.69 Å². The number of amides is 1. The Kier molecular flexibility index (Phi) is 5.07. The number of nitrogens with one attached hydrogen (secondary N) is 1. The van der Waals surface area contributed by atoms with Crippen molar-refractivity contribution in [3.05, 3.63) is 72.3 Å². The number of anilines is 1. The van der Waals surface area contributed by atoms with Crippen LogP contribution in [-0.4, -0.2) is 29.0 Å². The van der Waals surface area contributed by atoms with Crippen molar-refractivity contribution < 1.29 is 9.90 Å². The van der Waals surface area contributed by atoms with Gasteiger partial charge in [0.05, 0.1) is 5.92 Å². The van der Waals surface area contributed by atoms with Crippen LogP contribution in [0.15, 0.2) is 66.7 Å². The first-order valence-corrected chi connectivity index (χ1v) is 9.48. The number of fused-ring (bicyclic) bond motifs is 1. The number of para-hydroxylation sites is 1. The number of phenolic OH excluding ortho intramolecular Hbond substituents is 1. The molecule has 4 nitrogen and oxygen atoms in total. The molecule has 4 rings (SSSR count). The van der Waals surface area contributed by atoms with Crippen LogP contribution in [0.25, 0.3) is 10.8 Å². The molecule has 4 heteroatoms. The van der Waals surface area contributed by atoms with Crippen LogP contribution in [0.4, 0.5) is 5.69 Å². The van der Waals surface area contributed by atoms with Gasteiger partial charge >= 0.3 is 0 Å². The van der Waals surface area contributed by atoms with Crippen LogP contribution < -0.4 is 5.32 Å². The van der Waals surface area contributed by atoms with Crippen LogP contribution in [0.3, 0.4) is 0 Å². The lowest BCUT2D eigenvalue weighted by atomic mass is 9.95. The van der Waals surface area contributed by atoms with Gasteiger partial charge in [0.1, 0.15) is 5.75 Å². The molecule has 0 spiro atoms. The zero-order valence-corrected chi connectivity index (χ0v) is 15.3. The predicted octanol–water partition coefficient (Wildman–Crippen LogP) is 4.40. The fourth-order valence-corrected chi connectivity index (χ4v) is 3.89. The van der Waals surface area contributed by atoms with Crippen LogP contribution in [-0.2, 0) is 11.3 Å². The summed E-state index contributed by atoms with van der Waals surface area (Å²) in [7, 11) is 0. The van der Waals surface area contributed by atoms with Crippen molar-refractivity contribution in [2.75, 3.05) is 18.4 Å². The molecule has 1 amide bonds. The van der Waals surface area contributed by atoms with Gasteiger partial charge in [0.25, 0.3) is 0 Å². The molecule has 1 saturated heterocycles. The Morgan fingerprint density at radius 2 is 1.81 bits per heavy atom. The molecule has 2 N–H and O–H groups in total. The van der Waals surface area contributed by atoms with E-state index in [-0.39, 0.29) is 11.8 Å². The molecule has 0 bridgehead atoms. The minimum Gasteiger partial charge on any atom is -0.508 e. The Morgan fingerprint density at radius 1 is 1.04 bits per heavy atom. The molecular formula is C23H24N2O2. The molecule has 0 unspecified atom stereocenters. The smallest absolute Gasteiger partial charge is 0.228 e. The van der Waals surface area contributed by atoms with Crippen LogP contribution >= 0.6 is 0 Å². The first-order valence-electron chi connectivity index (χ1n) is 9.48. The van der Waals surface area contributed by atoms with Crippen LogP contribution in [0, 0.1) is 5.92 Å². The normalized spacial score (nSPS) is 17.7. The second-order valence-corrected chi connectivity index (χ2v) is 7.21. The average molecular weight is 360 g/mol. The molecule has 1 aliphatic rings. The summed E-state index contributed by atoms with van der Waals surface area (Å²) in [5.41, 5.74) is 1.78. The van der Waals surface area contributed by atoms with E-state index in [0.29, 0.717) is 18.8 Å². The first kappa shape index (κ1) is 17.6. The molecule has 0 saturated carbocycles. The highest BCUT2D eigenvalue weighted by Gasteiger charge is 2.26. The van der Waals surface area contributed by atoms with E-state index in [1.165, 1.54) is 0 Å². The second kappa shape index (κ2) is 7.80. The highest BCUT2D eigenvalue weighted by Crippen LogP contribution is 2.30. The molecule has 3 aromatic carbocycles. The van der Waals surface area contributed by atoms with Crippen molar-refractivity contribution >= 4 is 22.4 Å². The Morgan fingerprint density at radius 3 is 2.67 bits per heavy atom. The molecular weight excluding hydrogens is 336 g/mol. The summed E-state index contributed by atoms with van der Waals surface area (Å²) in [4.78, 5) is 14.9. The summed E-state index contributed by atoms with van der Waals surface area (Å²) in [6, 6.07) is 21.4. The maximum absolute atomic E-state index is 12.7. The number of likely N-dealkylation sites (tertiary alicyclic amines) is 1. The summed E-state index contributed by atoms with van der Waals surface area (Å²) in [5, 5.41) is 15.6. The minimum atomic E-state index is -0.0314. The van der Waals surface area contributed by atoms with E-state index in [2.05, 4.69) is 16.3 Å². The van der Waals surface area contributed by atoms with Crippen molar-refractivity contribution in [3.63, 3.8) is 0 Å². The molecule has 1 fully saturated rings. The van der Waals surface area contributed by atoms with Crippen molar-refractivity contribution in [1.29, 1.82) is 0 Å². The number of benzene rings is 3. The number of hydrogen-bond donors (Lipinski definition) is 2. The van der Waals surface area contributed by atoms with E-state index in [9.17, 15) is 9.90 Å². The van der Waals surface area contributed by atoms with Crippen LogP contribution in [0.2, 0.25) is 0 Å². The van der Waals surface area contributed by atoms with Gasteiger partial charge in [-0.2, -0.15) is 0 Å². The molecule has 3 aromatic rings. The van der Waals surface area contributed by atoms with E-state index < -0.39 is 0 Å². The van der Waals surface area contributed by atoms with Gasteiger partial charge in [-0.15, -0.1) is 0 Å². The number of aromatic hydroxyl groups is 1. The van der Waals surface area contributed by atoms with E-state index in [0.717, 1.165) is 41.4 Å². The first-order chi connectivity index (χ1) is 13.2. The van der Waals surface area contributed by atoms with Crippen molar-refractivity contribution in [2.24, 2.45) is 5.92 Å². The maximum atomic E-state index is 12.7. The lowest BCUT2D eigenvalue weighted by Gasteiger charge is -2.32. The van der Waals surface area contributed by atoms with Gasteiger partial charge in [0.15, 0.2) is 0 Å². The number of hydrogen-bond acceptors (Lipinski definition) is 3. The van der Waals surface area contributed by atoms with Gasteiger partial charge in [-0.25, -0.2) is 0 Å². The predicted molar refractivity (Wildman–Crippen MR) is 109 cm³/mol. The quantitative estimate of drug-likeness (QED) is 0.725. The van der Waals surface area contributed by atoms with Gasteiger partial charge < -0.3 is 10.4 Å².